The van der Waals surface area contributed by atoms with Crippen LogP contribution >= 0.6 is 12.6 Å². The van der Waals surface area contributed by atoms with E-state index in [1.807, 2.05) is 0 Å². The maximum Gasteiger partial charge on any atom is 0.325 e. The molecule has 0 unspecified atom stereocenters. The first-order chi connectivity index (χ1) is 18.2. The number of thiol groups is 1. The van der Waals surface area contributed by atoms with Crippen molar-refractivity contribution in [1.82, 2.24) is 21.3 Å². The average molecular weight is 570 g/mol. The van der Waals surface area contributed by atoms with Crippen molar-refractivity contribution in [3.8, 4) is 0 Å². The van der Waals surface area contributed by atoms with Gasteiger partial charge in [0.2, 0.25) is 23.6 Å². The van der Waals surface area contributed by atoms with Crippen LogP contribution in [0.2, 0.25) is 0 Å². The number of hydrogen-bond acceptors (Lipinski definition) is 9. The van der Waals surface area contributed by atoms with Crippen LogP contribution in [0.4, 0.5) is 0 Å². The second kappa shape index (κ2) is 15.9. The molecule has 4 amide bonds. The molecule has 0 radical (unpaired) electrons. The van der Waals surface area contributed by atoms with E-state index >= 15 is 0 Å². The number of aliphatic carboxylic acids is 3. The molecule has 1 aromatic carbocycles. The molecule has 0 spiro atoms. The Morgan fingerprint density at radius 2 is 1.23 bits per heavy atom. The largest absolute Gasteiger partial charge is 0.481 e. The van der Waals surface area contributed by atoms with Crippen LogP contribution < -0.4 is 27.0 Å². The Morgan fingerprint density at radius 3 is 1.74 bits per heavy atom. The van der Waals surface area contributed by atoms with Crippen LogP contribution in [0.5, 0.6) is 0 Å². The van der Waals surface area contributed by atoms with E-state index in [0.717, 1.165) is 6.92 Å². The lowest BCUT2D eigenvalue weighted by Gasteiger charge is -2.25. The van der Waals surface area contributed by atoms with E-state index in [9.17, 15) is 38.7 Å². The number of hydrogen-bond donors (Lipinski definition) is 9. The lowest BCUT2D eigenvalue weighted by Crippen LogP contribution is -2.59. The summed E-state index contributed by atoms with van der Waals surface area (Å²) in [5.74, 6) is -8.31. The summed E-state index contributed by atoms with van der Waals surface area (Å²) >= 11 is 4.01. The van der Waals surface area contributed by atoms with Gasteiger partial charge in [0.25, 0.3) is 0 Å². The van der Waals surface area contributed by atoms with Crippen LogP contribution in [0.1, 0.15) is 25.3 Å². The Balaban J connectivity index is 3.13. The van der Waals surface area contributed by atoms with Gasteiger partial charge in [-0.3, -0.25) is 33.6 Å². The maximum absolute atomic E-state index is 13.2. The SMILES string of the molecule is C[C@H](NC(=O)[C@H](CC(=O)O)NC(=O)[C@H](Cc1ccccc1)NC(=O)[C@H](CS)NC(=O)[C@@H](N)CC(=O)O)C(=O)O. The van der Waals surface area contributed by atoms with E-state index in [-0.39, 0.29) is 12.2 Å². The van der Waals surface area contributed by atoms with Crippen LogP contribution in [0, 0.1) is 0 Å². The van der Waals surface area contributed by atoms with Gasteiger partial charge in [0.05, 0.1) is 18.9 Å². The highest BCUT2D eigenvalue weighted by Gasteiger charge is 2.32. The van der Waals surface area contributed by atoms with Crippen molar-refractivity contribution in [2.24, 2.45) is 5.73 Å². The summed E-state index contributed by atoms with van der Waals surface area (Å²) in [6.45, 7) is 1.15. The van der Waals surface area contributed by atoms with Crippen LogP contribution in [-0.2, 0) is 40.0 Å². The van der Waals surface area contributed by atoms with E-state index in [0.29, 0.717) is 5.56 Å². The Morgan fingerprint density at radius 1 is 0.744 bits per heavy atom. The van der Waals surface area contributed by atoms with Gasteiger partial charge in [-0.15, -0.1) is 0 Å². The third-order valence-electron chi connectivity index (χ3n) is 5.20. The quantitative estimate of drug-likeness (QED) is 0.0939. The van der Waals surface area contributed by atoms with E-state index in [1.54, 1.807) is 30.3 Å². The molecule has 39 heavy (non-hydrogen) atoms. The van der Waals surface area contributed by atoms with Crippen molar-refractivity contribution < 1.29 is 48.9 Å². The van der Waals surface area contributed by atoms with E-state index in [4.69, 9.17) is 15.9 Å². The highest BCUT2D eigenvalue weighted by atomic mass is 32.1. The first-order valence-corrected chi connectivity index (χ1v) is 12.2. The Hall–Kier alpha value is -4.18. The third-order valence-corrected chi connectivity index (χ3v) is 5.57. The minimum Gasteiger partial charge on any atom is -0.481 e. The summed E-state index contributed by atoms with van der Waals surface area (Å²) in [4.78, 5) is 83.9. The second-order valence-electron chi connectivity index (χ2n) is 8.43. The van der Waals surface area contributed by atoms with Crippen molar-refractivity contribution >= 4 is 54.2 Å². The maximum atomic E-state index is 13.2. The van der Waals surface area contributed by atoms with Gasteiger partial charge < -0.3 is 42.3 Å². The molecular weight excluding hydrogens is 538 g/mol. The molecule has 15 nitrogen and oxygen atoms in total. The van der Waals surface area contributed by atoms with Crippen LogP contribution in [-0.4, -0.2) is 92.8 Å². The van der Waals surface area contributed by atoms with Gasteiger partial charge in [0.1, 0.15) is 24.2 Å². The first kappa shape index (κ1) is 32.8. The van der Waals surface area contributed by atoms with E-state index in [1.165, 1.54) is 0 Å². The molecule has 0 fully saturated rings. The Labute approximate surface area is 228 Å². The molecule has 5 atom stereocenters. The molecule has 0 aliphatic heterocycles. The van der Waals surface area contributed by atoms with Crippen molar-refractivity contribution in [3.63, 3.8) is 0 Å². The molecule has 0 aromatic heterocycles. The van der Waals surface area contributed by atoms with E-state index < -0.39 is 84.6 Å². The topological polar surface area (TPSA) is 254 Å². The van der Waals surface area contributed by atoms with Crippen molar-refractivity contribution in [2.45, 2.75) is 56.4 Å². The minimum atomic E-state index is -1.68. The molecule has 0 heterocycles. The molecule has 0 bridgehead atoms. The zero-order valence-electron chi connectivity index (χ0n) is 20.8. The summed E-state index contributed by atoms with van der Waals surface area (Å²) in [5, 5.41) is 36.0. The fourth-order valence-electron chi connectivity index (χ4n) is 3.12. The van der Waals surface area contributed by atoms with Crippen molar-refractivity contribution in [1.29, 1.82) is 0 Å². The smallest absolute Gasteiger partial charge is 0.325 e. The number of carboxylic acids is 3. The molecule has 0 aliphatic carbocycles. The highest BCUT2D eigenvalue weighted by Crippen LogP contribution is 2.06. The zero-order valence-corrected chi connectivity index (χ0v) is 21.7. The Bertz CT molecular complexity index is 1070. The lowest BCUT2D eigenvalue weighted by atomic mass is 10.0. The Kier molecular flexibility index (Phi) is 13.4. The molecule has 1 rings (SSSR count). The molecule has 9 N–H and O–H groups in total. The summed E-state index contributed by atoms with van der Waals surface area (Å²) < 4.78 is 0. The van der Waals surface area contributed by atoms with Crippen molar-refractivity contribution in [2.75, 3.05) is 5.75 Å². The summed E-state index contributed by atoms with van der Waals surface area (Å²) in [5.41, 5.74) is 6.09. The van der Waals surface area contributed by atoms with Crippen LogP contribution in [0.15, 0.2) is 30.3 Å². The van der Waals surface area contributed by atoms with E-state index in [2.05, 4.69) is 33.9 Å². The molecule has 0 saturated heterocycles. The molecule has 0 saturated carbocycles. The number of nitrogens with one attached hydrogen (secondary N) is 4. The third kappa shape index (κ3) is 11.8. The van der Waals surface area contributed by atoms with Crippen molar-refractivity contribution in [3.05, 3.63) is 35.9 Å². The number of benzene rings is 1. The number of carbonyl (C=O) groups excluding carboxylic acids is 4. The summed E-state index contributed by atoms with van der Waals surface area (Å²) in [6, 6.07) is 1.11. The normalized spacial score (nSPS) is 14.4. The molecular formula is C23H31N5O10S. The highest BCUT2D eigenvalue weighted by molar-refractivity contribution is 7.80. The second-order valence-corrected chi connectivity index (χ2v) is 8.79. The first-order valence-electron chi connectivity index (χ1n) is 11.5. The van der Waals surface area contributed by atoms with Gasteiger partial charge >= 0.3 is 17.9 Å². The van der Waals surface area contributed by atoms with Gasteiger partial charge in [-0.25, -0.2) is 0 Å². The monoisotopic (exact) mass is 569 g/mol. The molecule has 16 heteroatoms. The van der Waals surface area contributed by atoms with Gasteiger partial charge in [0.15, 0.2) is 0 Å². The van der Waals surface area contributed by atoms with Gasteiger partial charge in [0, 0.05) is 12.2 Å². The molecule has 0 aliphatic rings. The molecule has 1 aromatic rings. The van der Waals surface area contributed by atoms with Gasteiger partial charge in [-0.2, -0.15) is 12.6 Å². The number of amides is 4. The number of nitrogens with two attached hydrogens (primary N) is 1. The van der Waals surface area contributed by atoms with Crippen LogP contribution in [0.3, 0.4) is 0 Å². The standard InChI is InChI=1S/C23H31N5O10S/c1-11(23(37)38)25-20(34)15(9-18(31)32)27-21(35)14(7-12-5-3-2-4-6-12)26-22(36)16(10-39)28-19(33)13(24)8-17(29)30/h2-6,11,13-16,39H,7-10,24H2,1H3,(H,25,34)(H,26,36)(H,27,35)(H,28,33)(H,29,30)(H,31,32)(H,37,38)/t11-,13-,14-,15-,16-/m0/s1. The van der Waals surface area contributed by atoms with Gasteiger partial charge in [-0.1, -0.05) is 30.3 Å². The molecule has 214 valence electrons. The average Bonchev–Trinajstić information content (AvgIpc) is 2.85. The fourth-order valence-corrected chi connectivity index (χ4v) is 3.37. The summed E-state index contributed by atoms with van der Waals surface area (Å²) in [7, 11) is 0. The number of rotatable bonds is 16. The lowest BCUT2D eigenvalue weighted by molar-refractivity contribution is -0.143. The minimum absolute atomic E-state index is 0.114. The van der Waals surface area contributed by atoms with Gasteiger partial charge in [-0.05, 0) is 12.5 Å². The predicted octanol–water partition coefficient (Wildman–Crippen LogP) is -2.52. The zero-order chi connectivity index (χ0) is 29.7. The fraction of sp³-hybridized carbons (Fsp3) is 0.435. The summed E-state index contributed by atoms with van der Waals surface area (Å²) in [6.07, 6.45) is -1.69. The van der Waals surface area contributed by atoms with Crippen LogP contribution in [0.25, 0.3) is 0 Å². The predicted molar refractivity (Wildman–Crippen MR) is 138 cm³/mol. The number of carbonyl (C=O) groups is 7. The number of carboxylic acid groups (broad SMARTS) is 3.